The van der Waals surface area contributed by atoms with Gasteiger partial charge in [0.1, 0.15) is 12.0 Å². The van der Waals surface area contributed by atoms with E-state index in [0.717, 1.165) is 30.5 Å². The maximum absolute atomic E-state index is 14.0. The lowest BCUT2D eigenvalue weighted by Gasteiger charge is -2.16. The number of carbonyl (C=O) groups is 1. The number of aldehydes is 1. The van der Waals surface area contributed by atoms with Crippen molar-refractivity contribution >= 4 is 17.7 Å². The maximum atomic E-state index is 14.0. The monoisotopic (exact) mass is 365 g/mol. The molecular formula is C21H20FN3O2. The van der Waals surface area contributed by atoms with Gasteiger partial charge in [-0.25, -0.2) is 4.39 Å². The topological polar surface area (TPSA) is 68.0 Å². The molecule has 0 bridgehead atoms. The van der Waals surface area contributed by atoms with E-state index in [0.29, 0.717) is 34.4 Å². The van der Waals surface area contributed by atoms with E-state index in [1.54, 1.807) is 30.3 Å². The van der Waals surface area contributed by atoms with E-state index < -0.39 is 5.67 Å². The first-order valence-electron chi connectivity index (χ1n) is 8.93. The zero-order valence-electron chi connectivity index (χ0n) is 15.2. The van der Waals surface area contributed by atoms with Gasteiger partial charge in [0.05, 0.1) is 11.3 Å². The summed E-state index contributed by atoms with van der Waals surface area (Å²) in [5.74, 6) is 1.38. The van der Waals surface area contributed by atoms with Crippen LogP contribution in [0.5, 0.6) is 0 Å². The lowest BCUT2D eigenvalue weighted by molar-refractivity contribution is 0.112. The Labute approximate surface area is 156 Å². The number of halogens is 1. The Morgan fingerprint density at radius 3 is 2.52 bits per heavy atom. The standard InChI is InChI=1S/C21H20FN3O2/c1-21(2,22)15-6-8-16(9-7-15)23-18-10-3-13(12-26)11-17(18)20-25-24-19(27-20)14-4-5-14/h3,6-12,14,23H,4-5H2,1-2H3. The first-order valence-corrected chi connectivity index (χ1v) is 8.93. The number of nitrogens with one attached hydrogen (secondary N) is 1. The summed E-state index contributed by atoms with van der Waals surface area (Å²) in [6.07, 6.45) is 2.92. The molecule has 0 unspecified atom stereocenters. The molecule has 138 valence electrons. The van der Waals surface area contributed by atoms with Crippen molar-refractivity contribution in [1.29, 1.82) is 0 Å². The quantitative estimate of drug-likeness (QED) is 0.594. The van der Waals surface area contributed by atoms with Crippen molar-refractivity contribution in [3.8, 4) is 11.5 Å². The third-order valence-corrected chi connectivity index (χ3v) is 4.63. The number of carbonyl (C=O) groups excluding carboxylic acids is 1. The fourth-order valence-electron chi connectivity index (χ4n) is 2.87. The molecule has 1 aromatic heterocycles. The highest BCUT2D eigenvalue weighted by molar-refractivity contribution is 5.84. The molecule has 1 heterocycles. The number of rotatable bonds is 6. The Bertz CT molecular complexity index is 970. The molecule has 27 heavy (non-hydrogen) atoms. The SMILES string of the molecule is CC(C)(F)c1ccc(Nc2ccc(C=O)cc2-c2nnc(C3CC3)o2)cc1. The van der Waals surface area contributed by atoms with E-state index in [4.69, 9.17) is 4.42 Å². The Morgan fingerprint density at radius 2 is 1.89 bits per heavy atom. The van der Waals surface area contributed by atoms with Gasteiger partial charge in [-0.05, 0) is 62.6 Å². The first kappa shape index (κ1) is 17.4. The number of anilines is 2. The number of alkyl halides is 1. The second-order valence-corrected chi connectivity index (χ2v) is 7.32. The van der Waals surface area contributed by atoms with Gasteiger partial charge in [-0.2, -0.15) is 0 Å². The van der Waals surface area contributed by atoms with Gasteiger partial charge in [-0.1, -0.05) is 12.1 Å². The Balaban J connectivity index is 1.66. The molecule has 0 spiro atoms. The molecule has 1 aliphatic rings. The first-order chi connectivity index (χ1) is 12.9. The molecule has 0 aliphatic heterocycles. The van der Waals surface area contributed by atoms with Gasteiger partial charge in [0, 0.05) is 17.2 Å². The minimum absolute atomic E-state index is 0.355. The van der Waals surface area contributed by atoms with Gasteiger partial charge < -0.3 is 9.73 Å². The fraction of sp³-hybridized carbons (Fsp3) is 0.286. The molecule has 4 rings (SSSR count). The summed E-state index contributed by atoms with van der Waals surface area (Å²) in [7, 11) is 0. The van der Waals surface area contributed by atoms with E-state index in [2.05, 4.69) is 15.5 Å². The molecular weight excluding hydrogens is 345 g/mol. The average Bonchev–Trinajstić information content (AvgIpc) is 3.39. The lowest BCUT2D eigenvalue weighted by atomic mass is 10.00. The van der Waals surface area contributed by atoms with Crippen molar-refractivity contribution in [1.82, 2.24) is 10.2 Å². The molecule has 1 fully saturated rings. The predicted octanol–water partition coefficient (Wildman–Crippen LogP) is 5.37. The summed E-state index contributed by atoms with van der Waals surface area (Å²) in [4.78, 5) is 11.2. The second kappa shape index (κ2) is 6.61. The molecule has 2 aromatic carbocycles. The highest BCUT2D eigenvalue weighted by Crippen LogP contribution is 2.41. The number of nitrogens with zero attached hydrogens (tertiary/aromatic N) is 2. The van der Waals surface area contributed by atoms with Crippen molar-refractivity contribution in [3.05, 3.63) is 59.5 Å². The van der Waals surface area contributed by atoms with Crippen molar-refractivity contribution < 1.29 is 13.6 Å². The minimum Gasteiger partial charge on any atom is -0.420 e. The van der Waals surface area contributed by atoms with Gasteiger partial charge in [-0.3, -0.25) is 4.79 Å². The summed E-state index contributed by atoms with van der Waals surface area (Å²) >= 11 is 0. The highest BCUT2D eigenvalue weighted by atomic mass is 19.1. The smallest absolute Gasteiger partial charge is 0.249 e. The number of aromatic nitrogens is 2. The largest absolute Gasteiger partial charge is 0.420 e. The summed E-state index contributed by atoms with van der Waals surface area (Å²) < 4.78 is 19.8. The van der Waals surface area contributed by atoms with Crippen LogP contribution in [0.15, 0.2) is 46.9 Å². The van der Waals surface area contributed by atoms with Gasteiger partial charge in [0.15, 0.2) is 0 Å². The van der Waals surface area contributed by atoms with E-state index in [-0.39, 0.29) is 0 Å². The molecule has 0 amide bonds. The van der Waals surface area contributed by atoms with Crippen molar-refractivity contribution in [2.75, 3.05) is 5.32 Å². The molecule has 0 atom stereocenters. The maximum Gasteiger partial charge on any atom is 0.249 e. The molecule has 1 aliphatic carbocycles. The number of hydrogen-bond donors (Lipinski definition) is 1. The van der Waals surface area contributed by atoms with Crippen LogP contribution in [0.25, 0.3) is 11.5 Å². The van der Waals surface area contributed by atoms with Crippen LogP contribution < -0.4 is 5.32 Å². The number of benzene rings is 2. The predicted molar refractivity (Wildman–Crippen MR) is 101 cm³/mol. The van der Waals surface area contributed by atoms with E-state index in [1.807, 2.05) is 12.1 Å². The van der Waals surface area contributed by atoms with Crippen LogP contribution in [0, 0.1) is 0 Å². The van der Waals surface area contributed by atoms with Crippen LogP contribution in [-0.4, -0.2) is 16.5 Å². The van der Waals surface area contributed by atoms with Crippen molar-refractivity contribution in [2.24, 2.45) is 0 Å². The summed E-state index contributed by atoms with van der Waals surface area (Å²) in [6.45, 7) is 3.05. The van der Waals surface area contributed by atoms with Crippen molar-refractivity contribution in [2.45, 2.75) is 38.3 Å². The zero-order chi connectivity index (χ0) is 19.0. The minimum atomic E-state index is -1.39. The zero-order valence-corrected chi connectivity index (χ0v) is 15.2. The molecule has 6 heteroatoms. The van der Waals surface area contributed by atoms with E-state index in [1.165, 1.54) is 13.8 Å². The Kier molecular flexibility index (Phi) is 4.26. The normalized spacial score (nSPS) is 14.2. The lowest BCUT2D eigenvalue weighted by Crippen LogP contribution is -2.08. The van der Waals surface area contributed by atoms with E-state index >= 15 is 0 Å². The summed E-state index contributed by atoms with van der Waals surface area (Å²) in [5, 5.41) is 11.6. The summed E-state index contributed by atoms with van der Waals surface area (Å²) in [6, 6.07) is 12.4. The number of hydrogen-bond acceptors (Lipinski definition) is 5. The van der Waals surface area contributed by atoms with Gasteiger partial charge >= 0.3 is 0 Å². The van der Waals surface area contributed by atoms with Gasteiger partial charge in [-0.15, -0.1) is 10.2 Å². The van der Waals surface area contributed by atoms with Gasteiger partial charge in [0.2, 0.25) is 11.8 Å². The molecule has 5 nitrogen and oxygen atoms in total. The van der Waals surface area contributed by atoms with Crippen molar-refractivity contribution in [3.63, 3.8) is 0 Å². The third kappa shape index (κ3) is 3.74. The van der Waals surface area contributed by atoms with Crippen LogP contribution in [-0.2, 0) is 5.67 Å². The second-order valence-electron chi connectivity index (χ2n) is 7.32. The van der Waals surface area contributed by atoms with Crippen LogP contribution in [0.1, 0.15) is 54.4 Å². The molecule has 1 saturated carbocycles. The highest BCUT2D eigenvalue weighted by Gasteiger charge is 2.30. The van der Waals surface area contributed by atoms with Gasteiger partial charge in [0.25, 0.3) is 0 Å². The molecule has 1 N–H and O–H groups in total. The van der Waals surface area contributed by atoms with E-state index in [9.17, 15) is 9.18 Å². The van der Waals surface area contributed by atoms with Crippen LogP contribution in [0.3, 0.4) is 0 Å². The Hall–Kier alpha value is -3.02. The fourth-order valence-corrected chi connectivity index (χ4v) is 2.87. The van der Waals surface area contributed by atoms with Crippen LogP contribution >= 0.6 is 0 Å². The van der Waals surface area contributed by atoms with Crippen LogP contribution in [0.2, 0.25) is 0 Å². The third-order valence-electron chi connectivity index (χ3n) is 4.63. The Morgan fingerprint density at radius 1 is 1.15 bits per heavy atom. The molecule has 0 saturated heterocycles. The molecule has 3 aromatic rings. The summed E-state index contributed by atoms with van der Waals surface area (Å²) in [5.41, 5.74) is 1.93. The average molecular weight is 365 g/mol. The van der Waals surface area contributed by atoms with Crippen LogP contribution in [0.4, 0.5) is 15.8 Å². The molecule has 0 radical (unpaired) electrons.